The standard InChI is InChI=1S/C22H17N5O4S/c1-31-19-9-13(11-28)8-17-21(19)32-22(25-17)14-2-4-15(5-3-14)26-12-23-10-18(26)16-6-7-20(24-16)27(29)30/h2-10,12,24,28H,11H2,1H3. The summed E-state index contributed by atoms with van der Waals surface area (Å²) in [5, 5.41) is 21.3. The minimum Gasteiger partial charge on any atom is -0.495 e. The number of aliphatic hydroxyl groups excluding tert-OH is 1. The minimum atomic E-state index is -0.463. The van der Waals surface area contributed by atoms with Crippen LogP contribution in [-0.2, 0) is 6.61 Å². The normalized spacial score (nSPS) is 11.2. The molecule has 0 aliphatic rings. The summed E-state index contributed by atoms with van der Waals surface area (Å²) in [6.45, 7) is -0.0783. The molecule has 0 spiro atoms. The van der Waals surface area contributed by atoms with Gasteiger partial charge in [-0.1, -0.05) is 0 Å². The molecule has 0 amide bonds. The van der Waals surface area contributed by atoms with Crippen molar-refractivity contribution in [1.82, 2.24) is 19.5 Å². The lowest BCUT2D eigenvalue weighted by Crippen LogP contribution is -1.95. The number of ether oxygens (including phenoxy) is 1. The first-order valence-corrected chi connectivity index (χ1v) is 10.4. The molecule has 5 aromatic rings. The van der Waals surface area contributed by atoms with E-state index in [1.54, 1.807) is 25.7 Å². The number of aliphatic hydroxyl groups is 1. The number of nitro groups is 1. The number of imidazole rings is 1. The second-order valence-corrected chi connectivity index (χ2v) is 8.03. The van der Waals surface area contributed by atoms with Crippen LogP contribution in [0.4, 0.5) is 5.82 Å². The Balaban J connectivity index is 1.49. The van der Waals surface area contributed by atoms with E-state index >= 15 is 0 Å². The van der Waals surface area contributed by atoms with Crippen molar-refractivity contribution < 1.29 is 14.8 Å². The van der Waals surface area contributed by atoms with Crippen molar-refractivity contribution in [2.45, 2.75) is 6.61 Å². The van der Waals surface area contributed by atoms with E-state index in [0.717, 1.165) is 32.0 Å². The molecule has 0 radical (unpaired) electrons. The fourth-order valence-corrected chi connectivity index (χ4v) is 4.57. The smallest absolute Gasteiger partial charge is 0.321 e. The van der Waals surface area contributed by atoms with Gasteiger partial charge in [0.2, 0.25) is 0 Å². The first-order chi connectivity index (χ1) is 15.6. The summed E-state index contributed by atoms with van der Waals surface area (Å²) in [5.41, 5.74) is 4.66. The number of benzene rings is 2. The minimum absolute atomic E-state index is 0.0706. The van der Waals surface area contributed by atoms with Crippen molar-refractivity contribution in [3.63, 3.8) is 0 Å². The number of thiazole rings is 1. The van der Waals surface area contributed by atoms with E-state index in [0.29, 0.717) is 17.1 Å². The molecule has 0 atom stereocenters. The summed E-state index contributed by atoms with van der Waals surface area (Å²) in [7, 11) is 1.60. The number of nitrogens with zero attached hydrogens (tertiary/aromatic N) is 4. The maximum Gasteiger partial charge on any atom is 0.321 e. The maximum atomic E-state index is 11.0. The molecule has 0 saturated heterocycles. The highest BCUT2D eigenvalue weighted by Gasteiger charge is 2.16. The third kappa shape index (κ3) is 3.41. The predicted octanol–water partition coefficient (Wildman–Crippen LogP) is 4.55. The third-order valence-corrected chi connectivity index (χ3v) is 6.23. The van der Waals surface area contributed by atoms with Gasteiger partial charge in [-0.3, -0.25) is 4.57 Å². The van der Waals surface area contributed by atoms with Gasteiger partial charge < -0.3 is 20.0 Å². The largest absolute Gasteiger partial charge is 0.495 e. The van der Waals surface area contributed by atoms with E-state index < -0.39 is 4.92 Å². The number of hydrogen-bond acceptors (Lipinski definition) is 7. The van der Waals surface area contributed by atoms with Crippen LogP contribution in [0.15, 0.2) is 61.1 Å². The Kier molecular flexibility index (Phi) is 4.92. The van der Waals surface area contributed by atoms with Gasteiger partial charge in [0.1, 0.15) is 16.5 Å². The Bertz CT molecular complexity index is 1430. The van der Waals surface area contributed by atoms with Gasteiger partial charge >= 0.3 is 5.82 Å². The monoisotopic (exact) mass is 447 g/mol. The maximum absolute atomic E-state index is 11.0. The molecule has 10 heteroatoms. The molecule has 0 saturated carbocycles. The first kappa shape index (κ1) is 19.9. The molecule has 0 unspecified atom stereocenters. The van der Waals surface area contributed by atoms with Crippen molar-refractivity contribution in [3.05, 3.63) is 76.7 Å². The number of hydrogen-bond donors (Lipinski definition) is 2. The van der Waals surface area contributed by atoms with Crippen LogP contribution in [0.5, 0.6) is 5.75 Å². The molecule has 0 bridgehead atoms. The van der Waals surface area contributed by atoms with E-state index in [1.165, 1.54) is 17.4 Å². The lowest BCUT2D eigenvalue weighted by molar-refractivity contribution is -0.389. The Hall–Kier alpha value is -4.02. The van der Waals surface area contributed by atoms with E-state index in [2.05, 4.69) is 9.97 Å². The zero-order valence-corrected chi connectivity index (χ0v) is 17.7. The Morgan fingerprint density at radius 3 is 2.72 bits per heavy atom. The molecule has 5 rings (SSSR count). The molecule has 0 aliphatic heterocycles. The first-order valence-electron chi connectivity index (χ1n) is 9.62. The number of H-pyrrole nitrogens is 1. The molecular weight excluding hydrogens is 430 g/mol. The van der Waals surface area contributed by atoms with Crippen molar-refractivity contribution in [1.29, 1.82) is 0 Å². The summed E-state index contributed by atoms with van der Waals surface area (Å²) in [6.07, 6.45) is 3.32. The van der Waals surface area contributed by atoms with Crippen LogP contribution in [0.3, 0.4) is 0 Å². The van der Waals surface area contributed by atoms with Gasteiger partial charge in [0.15, 0.2) is 5.69 Å². The second-order valence-electron chi connectivity index (χ2n) is 7.03. The fourth-order valence-electron chi connectivity index (χ4n) is 3.53. The van der Waals surface area contributed by atoms with Crippen LogP contribution in [0.1, 0.15) is 5.56 Å². The van der Waals surface area contributed by atoms with Gasteiger partial charge in [-0.25, -0.2) is 15.0 Å². The number of fused-ring (bicyclic) bond motifs is 1. The van der Waals surface area contributed by atoms with Gasteiger partial charge in [0, 0.05) is 17.3 Å². The van der Waals surface area contributed by atoms with Crippen molar-refractivity contribution in [2.24, 2.45) is 0 Å². The van der Waals surface area contributed by atoms with Gasteiger partial charge in [-0.15, -0.1) is 11.3 Å². The number of nitrogens with one attached hydrogen (secondary N) is 1. The molecule has 3 heterocycles. The number of aromatic amines is 1. The van der Waals surface area contributed by atoms with Crippen molar-refractivity contribution in [2.75, 3.05) is 7.11 Å². The molecular formula is C22H17N5O4S. The van der Waals surface area contributed by atoms with Crippen LogP contribution >= 0.6 is 11.3 Å². The highest BCUT2D eigenvalue weighted by Crippen LogP contribution is 2.37. The average Bonchev–Trinajstić information content (AvgIpc) is 3.57. The van der Waals surface area contributed by atoms with Crippen LogP contribution in [0.25, 0.3) is 37.9 Å². The lowest BCUT2D eigenvalue weighted by atomic mass is 10.2. The average molecular weight is 447 g/mol. The zero-order valence-electron chi connectivity index (χ0n) is 16.8. The lowest BCUT2D eigenvalue weighted by Gasteiger charge is -2.06. The topological polar surface area (TPSA) is 119 Å². The van der Waals surface area contributed by atoms with E-state index in [1.807, 2.05) is 41.0 Å². The van der Waals surface area contributed by atoms with Crippen LogP contribution in [0.2, 0.25) is 0 Å². The van der Waals surface area contributed by atoms with Gasteiger partial charge in [-0.05, 0) is 53.0 Å². The second kappa shape index (κ2) is 7.91. The quantitative estimate of drug-likeness (QED) is 0.291. The summed E-state index contributed by atoms with van der Waals surface area (Å²) >= 11 is 1.52. The van der Waals surface area contributed by atoms with Crippen LogP contribution < -0.4 is 4.74 Å². The molecule has 3 aromatic heterocycles. The molecule has 2 aromatic carbocycles. The van der Waals surface area contributed by atoms with E-state index in [4.69, 9.17) is 9.72 Å². The molecule has 0 fully saturated rings. The summed E-state index contributed by atoms with van der Waals surface area (Å²) in [4.78, 5) is 22.2. The molecule has 160 valence electrons. The Morgan fingerprint density at radius 2 is 2.03 bits per heavy atom. The molecule has 0 aliphatic carbocycles. The third-order valence-electron chi connectivity index (χ3n) is 5.09. The van der Waals surface area contributed by atoms with E-state index in [9.17, 15) is 15.2 Å². The Morgan fingerprint density at radius 1 is 1.22 bits per heavy atom. The predicted molar refractivity (Wildman–Crippen MR) is 121 cm³/mol. The molecule has 32 heavy (non-hydrogen) atoms. The molecule has 9 nitrogen and oxygen atoms in total. The number of rotatable bonds is 6. The van der Waals surface area contributed by atoms with Gasteiger partial charge in [-0.2, -0.15) is 0 Å². The van der Waals surface area contributed by atoms with Gasteiger partial charge in [0.25, 0.3) is 0 Å². The van der Waals surface area contributed by atoms with E-state index in [-0.39, 0.29) is 12.4 Å². The number of aromatic nitrogens is 4. The highest BCUT2D eigenvalue weighted by molar-refractivity contribution is 7.22. The van der Waals surface area contributed by atoms with Crippen molar-refractivity contribution >= 4 is 27.4 Å². The molecule has 2 N–H and O–H groups in total. The fraction of sp³-hybridized carbons (Fsp3) is 0.0909. The van der Waals surface area contributed by atoms with Crippen molar-refractivity contribution in [3.8, 4) is 33.4 Å². The SMILES string of the molecule is COc1cc(CO)cc2nc(-c3ccc(-n4cncc4-c4ccc([N+](=O)[O-])[nH]4)cc3)sc12. The number of methoxy groups -OCH3 is 1. The summed E-state index contributed by atoms with van der Waals surface area (Å²) in [6, 6.07) is 14.6. The van der Waals surface area contributed by atoms with Gasteiger partial charge in [0.05, 0.1) is 36.5 Å². The van der Waals surface area contributed by atoms with Crippen LogP contribution in [-0.4, -0.2) is 36.7 Å². The highest BCUT2D eigenvalue weighted by atomic mass is 32.1. The van der Waals surface area contributed by atoms with Crippen LogP contribution in [0, 0.1) is 10.1 Å². The summed E-state index contributed by atoms with van der Waals surface area (Å²) < 4.78 is 8.24. The Labute approximate surface area is 185 Å². The zero-order chi connectivity index (χ0) is 22.2. The summed E-state index contributed by atoms with van der Waals surface area (Å²) in [5.74, 6) is 0.619.